The van der Waals surface area contributed by atoms with E-state index in [-0.39, 0.29) is 6.04 Å². The van der Waals surface area contributed by atoms with Crippen LogP contribution in [0.3, 0.4) is 0 Å². The third-order valence-electron chi connectivity index (χ3n) is 3.80. The van der Waals surface area contributed by atoms with Gasteiger partial charge in [0, 0.05) is 17.8 Å². The van der Waals surface area contributed by atoms with Gasteiger partial charge in [-0.05, 0) is 23.8 Å². The van der Waals surface area contributed by atoms with Crippen LogP contribution in [0.25, 0.3) is 0 Å². The normalized spacial score (nSPS) is 19.6. The molecule has 0 amide bonds. The number of anilines is 1. The highest BCUT2D eigenvalue weighted by Crippen LogP contribution is 2.37. The van der Waals surface area contributed by atoms with E-state index in [0.717, 1.165) is 12.4 Å². The molecule has 0 aromatic heterocycles. The summed E-state index contributed by atoms with van der Waals surface area (Å²) in [7, 11) is 0. The molecular formula is C16H14N4S. The van der Waals surface area contributed by atoms with Crippen molar-refractivity contribution in [2.24, 2.45) is 4.99 Å². The van der Waals surface area contributed by atoms with E-state index in [0.29, 0.717) is 5.11 Å². The van der Waals surface area contributed by atoms with Gasteiger partial charge in [0.1, 0.15) is 11.9 Å². The number of aliphatic imine (C=N–C) groups is 1. The lowest BCUT2D eigenvalue weighted by atomic mass is 10.1. The molecule has 4 nitrogen and oxygen atoms in total. The Morgan fingerprint density at radius 3 is 2.67 bits per heavy atom. The van der Waals surface area contributed by atoms with Crippen LogP contribution in [0.2, 0.25) is 0 Å². The Labute approximate surface area is 128 Å². The molecule has 104 valence electrons. The number of nitrogens with one attached hydrogen (secondary N) is 2. The molecule has 2 aliphatic rings. The van der Waals surface area contributed by atoms with Crippen LogP contribution in [-0.2, 0) is 6.54 Å². The van der Waals surface area contributed by atoms with Crippen LogP contribution in [0.1, 0.15) is 17.2 Å². The summed E-state index contributed by atoms with van der Waals surface area (Å²) in [6, 6.07) is 18.8. The second-order valence-corrected chi connectivity index (χ2v) is 5.49. The lowest BCUT2D eigenvalue weighted by molar-refractivity contribution is 0.604. The van der Waals surface area contributed by atoms with E-state index < -0.39 is 0 Å². The number of hydrazine groups is 1. The number of rotatable bonds is 2. The van der Waals surface area contributed by atoms with Crippen molar-refractivity contribution in [3.8, 4) is 0 Å². The van der Waals surface area contributed by atoms with Crippen molar-refractivity contribution in [2.75, 3.05) is 4.90 Å². The monoisotopic (exact) mass is 294 g/mol. The number of para-hydroxylation sites is 1. The standard InChI is InChI=1S/C16H14N4S/c21-16-17-15-14(18-19-16)12-8-4-5-9-13(12)20(15)10-11-6-2-1-3-7-11/h1-9,14,18H,10H2,(H,19,21). The van der Waals surface area contributed by atoms with Crippen LogP contribution in [0.5, 0.6) is 0 Å². The zero-order valence-corrected chi connectivity index (χ0v) is 12.1. The third-order valence-corrected chi connectivity index (χ3v) is 3.99. The first kappa shape index (κ1) is 12.5. The van der Waals surface area contributed by atoms with Crippen molar-refractivity contribution in [1.29, 1.82) is 0 Å². The van der Waals surface area contributed by atoms with E-state index in [1.165, 1.54) is 16.8 Å². The number of hydrogen-bond acceptors (Lipinski definition) is 3. The quantitative estimate of drug-likeness (QED) is 0.835. The highest BCUT2D eigenvalue weighted by molar-refractivity contribution is 7.80. The van der Waals surface area contributed by atoms with Gasteiger partial charge < -0.3 is 4.90 Å². The summed E-state index contributed by atoms with van der Waals surface area (Å²) in [4.78, 5) is 6.77. The molecular weight excluding hydrogens is 280 g/mol. The number of hydrogen-bond donors (Lipinski definition) is 2. The zero-order chi connectivity index (χ0) is 14.2. The van der Waals surface area contributed by atoms with Crippen molar-refractivity contribution in [3.05, 3.63) is 65.7 Å². The van der Waals surface area contributed by atoms with Crippen LogP contribution in [0.15, 0.2) is 59.6 Å². The fourth-order valence-electron chi connectivity index (χ4n) is 2.86. The summed E-state index contributed by atoms with van der Waals surface area (Å²) in [6.07, 6.45) is 0. The number of benzene rings is 2. The van der Waals surface area contributed by atoms with Gasteiger partial charge in [0.2, 0.25) is 5.11 Å². The summed E-state index contributed by atoms with van der Waals surface area (Å²) in [6.45, 7) is 0.789. The van der Waals surface area contributed by atoms with Crippen molar-refractivity contribution in [1.82, 2.24) is 10.9 Å². The molecule has 1 unspecified atom stereocenters. The molecule has 0 saturated heterocycles. The molecule has 0 radical (unpaired) electrons. The van der Waals surface area contributed by atoms with Gasteiger partial charge in [-0.2, -0.15) is 0 Å². The predicted molar refractivity (Wildman–Crippen MR) is 88.1 cm³/mol. The molecule has 4 rings (SSSR count). The number of fused-ring (bicyclic) bond motifs is 3. The smallest absolute Gasteiger partial charge is 0.209 e. The lowest BCUT2D eigenvalue weighted by Gasteiger charge is -2.26. The molecule has 0 fully saturated rings. The van der Waals surface area contributed by atoms with Gasteiger partial charge in [-0.15, -0.1) is 0 Å². The highest BCUT2D eigenvalue weighted by Gasteiger charge is 2.37. The molecule has 1 atom stereocenters. The average Bonchev–Trinajstić information content (AvgIpc) is 2.82. The van der Waals surface area contributed by atoms with Crippen LogP contribution >= 0.6 is 12.2 Å². The Bertz CT molecular complexity index is 726. The van der Waals surface area contributed by atoms with Crippen molar-refractivity contribution in [2.45, 2.75) is 12.6 Å². The average molecular weight is 294 g/mol. The maximum Gasteiger partial charge on any atom is 0.209 e. The zero-order valence-electron chi connectivity index (χ0n) is 11.3. The summed E-state index contributed by atoms with van der Waals surface area (Å²) in [5.74, 6) is 0.962. The molecule has 2 aliphatic heterocycles. The number of nitrogens with zero attached hydrogens (tertiary/aromatic N) is 2. The van der Waals surface area contributed by atoms with E-state index in [1.54, 1.807) is 0 Å². The van der Waals surface area contributed by atoms with E-state index in [9.17, 15) is 0 Å². The van der Waals surface area contributed by atoms with Gasteiger partial charge in [-0.25, -0.2) is 10.4 Å². The fraction of sp³-hybridized carbons (Fsp3) is 0.125. The first-order valence-corrected chi connectivity index (χ1v) is 7.28. The molecule has 5 heteroatoms. The largest absolute Gasteiger partial charge is 0.323 e. The first-order chi connectivity index (χ1) is 10.3. The summed E-state index contributed by atoms with van der Waals surface area (Å²) >= 11 is 5.17. The van der Waals surface area contributed by atoms with Crippen LogP contribution in [-0.4, -0.2) is 10.9 Å². The molecule has 0 saturated carbocycles. The minimum atomic E-state index is 0.0524. The second-order valence-electron chi connectivity index (χ2n) is 5.11. The molecule has 2 N–H and O–H groups in total. The van der Waals surface area contributed by atoms with Crippen LogP contribution in [0.4, 0.5) is 5.69 Å². The summed E-state index contributed by atoms with van der Waals surface area (Å²) in [5, 5.41) is 0.479. The van der Waals surface area contributed by atoms with Crippen molar-refractivity contribution < 1.29 is 0 Å². The minimum absolute atomic E-state index is 0.0524. The van der Waals surface area contributed by atoms with Gasteiger partial charge in [0.25, 0.3) is 0 Å². The maximum atomic E-state index is 5.17. The first-order valence-electron chi connectivity index (χ1n) is 6.87. The van der Waals surface area contributed by atoms with Gasteiger partial charge in [-0.1, -0.05) is 48.5 Å². The van der Waals surface area contributed by atoms with E-state index in [1.807, 2.05) is 6.07 Å². The van der Waals surface area contributed by atoms with Crippen LogP contribution < -0.4 is 15.8 Å². The predicted octanol–water partition coefficient (Wildman–Crippen LogP) is 2.54. The Morgan fingerprint density at radius 1 is 1.05 bits per heavy atom. The van der Waals surface area contributed by atoms with Crippen LogP contribution in [0, 0.1) is 0 Å². The molecule has 0 bridgehead atoms. The number of amidine groups is 1. The molecule has 2 aromatic rings. The molecule has 21 heavy (non-hydrogen) atoms. The molecule has 2 aromatic carbocycles. The number of thiocarbonyl (C=S) groups is 1. The lowest BCUT2D eigenvalue weighted by Crippen LogP contribution is -2.48. The summed E-state index contributed by atoms with van der Waals surface area (Å²) < 4.78 is 0. The van der Waals surface area contributed by atoms with E-state index in [2.05, 4.69) is 69.3 Å². The molecule has 2 heterocycles. The van der Waals surface area contributed by atoms with Gasteiger partial charge in [0.15, 0.2) is 0 Å². The minimum Gasteiger partial charge on any atom is -0.323 e. The Morgan fingerprint density at radius 2 is 1.81 bits per heavy atom. The van der Waals surface area contributed by atoms with Gasteiger partial charge in [-0.3, -0.25) is 5.43 Å². The van der Waals surface area contributed by atoms with Crippen molar-refractivity contribution >= 4 is 28.9 Å². The third kappa shape index (κ3) is 2.11. The topological polar surface area (TPSA) is 39.7 Å². The fourth-order valence-corrected chi connectivity index (χ4v) is 3.01. The van der Waals surface area contributed by atoms with E-state index in [4.69, 9.17) is 12.2 Å². The van der Waals surface area contributed by atoms with Crippen molar-refractivity contribution in [3.63, 3.8) is 0 Å². The van der Waals surface area contributed by atoms with Gasteiger partial charge in [0.05, 0.1) is 0 Å². The Hall–Kier alpha value is -2.24. The molecule has 0 aliphatic carbocycles. The SMILES string of the molecule is S=C1N=C2C(NN1)c1ccccc1N2Cc1ccccc1. The maximum absolute atomic E-state index is 5.17. The Kier molecular flexibility index (Phi) is 2.94. The highest BCUT2D eigenvalue weighted by atomic mass is 32.1. The second kappa shape index (κ2) is 4.95. The molecule has 0 spiro atoms. The summed E-state index contributed by atoms with van der Waals surface area (Å²) in [5.41, 5.74) is 9.84. The Balaban J connectivity index is 1.78. The van der Waals surface area contributed by atoms with E-state index >= 15 is 0 Å². The van der Waals surface area contributed by atoms with Gasteiger partial charge >= 0.3 is 0 Å².